The zero-order valence-corrected chi connectivity index (χ0v) is 16.5. The van der Waals surface area contributed by atoms with Crippen molar-refractivity contribution in [2.75, 3.05) is 19.8 Å². The molecule has 0 saturated heterocycles. The standard InChI is InChI=1S/C21H45NO/c1-4-5-6-7-8-9-10-11-12-13-14-15-16-19-23-20-17-18-22-21(2)3/h21-22H,4-20H2,1-3H3. The van der Waals surface area contributed by atoms with Crippen LogP contribution in [0.2, 0.25) is 0 Å². The molecule has 0 atom stereocenters. The lowest BCUT2D eigenvalue weighted by Crippen LogP contribution is -2.24. The molecule has 0 aromatic carbocycles. The van der Waals surface area contributed by atoms with Crippen LogP contribution >= 0.6 is 0 Å². The maximum atomic E-state index is 5.68. The van der Waals surface area contributed by atoms with Gasteiger partial charge in [0.05, 0.1) is 0 Å². The van der Waals surface area contributed by atoms with E-state index >= 15 is 0 Å². The Balaban J connectivity index is 2.95. The Bertz CT molecular complexity index is 206. The van der Waals surface area contributed by atoms with Gasteiger partial charge in [-0.3, -0.25) is 0 Å². The van der Waals surface area contributed by atoms with Gasteiger partial charge < -0.3 is 10.1 Å². The SMILES string of the molecule is CCCCCCCCCCCCCCCOCCCNC(C)C. The lowest BCUT2D eigenvalue weighted by Gasteiger charge is -2.08. The number of unbranched alkanes of at least 4 members (excludes halogenated alkanes) is 12. The van der Waals surface area contributed by atoms with Gasteiger partial charge in [0.15, 0.2) is 0 Å². The van der Waals surface area contributed by atoms with Crippen molar-refractivity contribution in [3.05, 3.63) is 0 Å². The van der Waals surface area contributed by atoms with Crippen molar-refractivity contribution in [2.24, 2.45) is 0 Å². The van der Waals surface area contributed by atoms with Gasteiger partial charge in [0.2, 0.25) is 0 Å². The highest BCUT2D eigenvalue weighted by molar-refractivity contribution is 4.52. The van der Waals surface area contributed by atoms with Crippen LogP contribution in [0.1, 0.15) is 111 Å². The fourth-order valence-corrected chi connectivity index (χ4v) is 2.89. The second kappa shape index (κ2) is 20.0. The van der Waals surface area contributed by atoms with E-state index in [0.717, 1.165) is 26.2 Å². The van der Waals surface area contributed by atoms with Crippen LogP contribution in [0, 0.1) is 0 Å². The molecule has 1 N–H and O–H groups in total. The van der Waals surface area contributed by atoms with Gasteiger partial charge in [0.1, 0.15) is 0 Å². The second-order valence-corrected chi connectivity index (χ2v) is 7.32. The third-order valence-electron chi connectivity index (χ3n) is 4.41. The molecule has 0 rings (SSSR count). The molecule has 140 valence electrons. The molecule has 0 spiro atoms. The van der Waals surface area contributed by atoms with E-state index in [1.54, 1.807) is 0 Å². The fourth-order valence-electron chi connectivity index (χ4n) is 2.89. The third-order valence-corrected chi connectivity index (χ3v) is 4.41. The van der Waals surface area contributed by atoms with Crippen LogP contribution in [0.5, 0.6) is 0 Å². The van der Waals surface area contributed by atoms with Gasteiger partial charge >= 0.3 is 0 Å². The molecule has 0 aromatic heterocycles. The molecular weight excluding hydrogens is 282 g/mol. The molecule has 0 aromatic rings. The fraction of sp³-hybridized carbons (Fsp3) is 1.00. The van der Waals surface area contributed by atoms with Gasteiger partial charge in [-0.1, -0.05) is 97.8 Å². The first-order valence-electron chi connectivity index (χ1n) is 10.6. The minimum Gasteiger partial charge on any atom is -0.381 e. The Labute approximate surface area is 147 Å². The number of ether oxygens (including phenoxy) is 1. The van der Waals surface area contributed by atoms with Crippen molar-refractivity contribution >= 4 is 0 Å². The molecule has 0 aliphatic rings. The van der Waals surface area contributed by atoms with Gasteiger partial charge in [0, 0.05) is 19.3 Å². The summed E-state index contributed by atoms with van der Waals surface area (Å²) < 4.78 is 5.68. The molecule has 2 heteroatoms. The Morgan fingerprint density at radius 2 is 1.04 bits per heavy atom. The lowest BCUT2D eigenvalue weighted by molar-refractivity contribution is 0.127. The maximum Gasteiger partial charge on any atom is 0.0478 e. The van der Waals surface area contributed by atoms with Crippen molar-refractivity contribution in [1.29, 1.82) is 0 Å². The zero-order chi connectivity index (χ0) is 17.0. The van der Waals surface area contributed by atoms with Gasteiger partial charge in [0.25, 0.3) is 0 Å². The van der Waals surface area contributed by atoms with Crippen LogP contribution in [0.3, 0.4) is 0 Å². The van der Waals surface area contributed by atoms with E-state index in [2.05, 4.69) is 26.1 Å². The number of rotatable bonds is 19. The Morgan fingerprint density at radius 3 is 1.52 bits per heavy atom. The molecule has 0 aliphatic heterocycles. The Hall–Kier alpha value is -0.0800. The number of hydrogen-bond donors (Lipinski definition) is 1. The monoisotopic (exact) mass is 327 g/mol. The van der Waals surface area contributed by atoms with Crippen LogP contribution in [0.4, 0.5) is 0 Å². The molecule has 0 saturated carbocycles. The van der Waals surface area contributed by atoms with E-state index in [1.807, 2.05) is 0 Å². The normalized spacial score (nSPS) is 11.5. The van der Waals surface area contributed by atoms with Gasteiger partial charge in [-0.25, -0.2) is 0 Å². The number of hydrogen-bond acceptors (Lipinski definition) is 2. The first-order valence-corrected chi connectivity index (χ1v) is 10.6. The topological polar surface area (TPSA) is 21.3 Å². The van der Waals surface area contributed by atoms with E-state index in [-0.39, 0.29) is 0 Å². The van der Waals surface area contributed by atoms with Crippen LogP contribution in [-0.2, 0) is 4.74 Å². The zero-order valence-electron chi connectivity index (χ0n) is 16.5. The summed E-state index contributed by atoms with van der Waals surface area (Å²) in [5.74, 6) is 0. The number of nitrogens with one attached hydrogen (secondary N) is 1. The first kappa shape index (κ1) is 22.9. The Morgan fingerprint density at radius 1 is 0.609 bits per heavy atom. The summed E-state index contributed by atoms with van der Waals surface area (Å²) in [6.07, 6.45) is 19.5. The summed E-state index contributed by atoms with van der Waals surface area (Å²) in [5, 5.41) is 3.42. The summed E-state index contributed by atoms with van der Waals surface area (Å²) in [5.41, 5.74) is 0. The van der Waals surface area contributed by atoms with Gasteiger partial charge in [-0.15, -0.1) is 0 Å². The highest BCUT2D eigenvalue weighted by atomic mass is 16.5. The van der Waals surface area contributed by atoms with E-state index in [4.69, 9.17) is 4.74 Å². The van der Waals surface area contributed by atoms with Crippen molar-refractivity contribution in [2.45, 2.75) is 117 Å². The minimum atomic E-state index is 0.594. The maximum absolute atomic E-state index is 5.68. The second-order valence-electron chi connectivity index (χ2n) is 7.32. The molecule has 0 unspecified atom stereocenters. The molecular formula is C21H45NO. The summed E-state index contributed by atoms with van der Waals surface area (Å²) in [6.45, 7) is 9.62. The molecule has 0 aliphatic carbocycles. The lowest BCUT2D eigenvalue weighted by atomic mass is 10.0. The predicted molar refractivity (Wildman–Crippen MR) is 104 cm³/mol. The van der Waals surface area contributed by atoms with Gasteiger partial charge in [-0.05, 0) is 19.4 Å². The van der Waals surface area contributed by atoms with Crippen molar-refractivity contribution < 1.29 is 4.74 Å². The quantitative estimate of drug-likeness (QED) is 0.274. The highest BCUT2D eigenvalue weighted by Crippen LogP contribution is 2.12. The summed E-state index contributed by atoms with van der Waals surface area (Å²) in [4.78, 5) is 0. The highest BCUT2D eigenvalue weighted by Gasteiger charge is 1.95. The van der Waals surface area contributed by atoms with Crippen molar-refractivity contribution in [1.82, 2.24) is 5.32 Å². The Kier molecular flexibility index (Phi) is 19.9. The third kappa shape index (κ3) is 21.9. The largest absolute Gasteiger partial charge is 0.381 e. The molecule has 0 fully saturated rings. The average Bonchev–Trinajstić information content (AvgIpc) is 2.53. The summed E-state index contributed by atoms with van der Waals surface area (Å²) in [7, 11) is 0. The van der Waals surface area contributed by atoms with Crippen LogP contribution in [0.25, 0.3) is 0 Å². The molecule has 0 radical (unpaired) electrons. The summed E-state index contributed by atoms with van der Waals surface area (Å²) >= 11 is 0. The van der Waals surface area contributed by atoms with Crippen LogP contribution < -0.4 is 5.32 Å². The van der Waals surface area contributed by atoms with Crippen LogP contribution in [-0.4, -0.2) is 25.8 Å². The minimum absolute atomic E-state index is 0.594. The van der Waals surface area contributed by atoms with E-state index < -0.39 is 0 Å². The van der Waals surface area contributed by atoms with E-state index in [0.29, 0.717) is 6.04 Å². The molecule has 0 bridgehead atoms. The van der Waals surface area contributed by atoms with Crippen molar-refractivity contribution in [3.8, 4) is 0 Å². The van der Waals surface area contributed by atoms with Gasteiger partial charge in [-0.2, -0.15) is 0 Å². The smallest absolute Gasteiger partial charge is 0.0478 e. The molecule has 2 nitrogen and oxygen atoms in total. The molecule has 0 amide bonds. The van der Waals surface area contributed by atoms with E-state index in [9.17, 15) is 0 Å². The van der Waals surface area contributed by atoms with Crippen molar-refractivity contribution in [3.63, 3.8) is 0 Å². The molecule has 0 heterocycles. The first-order chi connectivity index (χ1) is 11.3. The summed E-state index contributed by atoms with van der Waals surface area (Å²) in [6, 6.07) is 0.594. The predicted octanol–water partition coefficient (Wildman–Crippen LogP) is 6.48. The molecule has 23 heavy (non-hydrogen) atoms. The van der Waals surface area contributed by atoms with Crippen LogP contribution in [0.15, 0.2) is 0 Å². The average molecular weight is 328 g/mol. The van der Waals surface area contributed by atoms with E-state index in [1.165, 1.54) is 83.5 Å².